The number of hydrogen-bond donors (Lipinski definition) is 3. The summed E-state index contributed by atoms with van der Waals surface area (Å²) < 4.78 is 5.03. The molecule has 1 aromatic carbocycles. The molecule has 0 radical (unpaired) electrons. The van der Waals surface area contributed by atoms with E-state index in [0.29, 0.717) is 5.69 Å². The van der Waals surface area contributed by atoms with Crippen LogP contribution in [0.1, 0.15) is 13.8 Å². The van der Waals surface area contributed by atoms with Crippen LogP contribution >= 0.6 is 0 Å². The monoisotopic (exact) mass is 279 g/mol. The second kappa shape index (κ2) is 8.16. The van der Waals surface area contributed by atoms with Gasteiger partial charge in [0.05, 0.1) is 20.2 Å². The molecule has 0 aliphatic heterocycles. The Bertz CT molecular complexity index is 443. The lowest BCUT2D eigenvalue weighted by atomic mass is 10.3. The highest BCUT2D eigenvalue weighted by molar-refractivity contribution is 5.92. The maximum atomic E-state index is 11.6. The van der Waals surface area contributed by atoms with E-state index in [-0.39, 0.29) is 30.9 Å². The van der Waals surface area contributed by atoms with Gasteiger partial charge in [0.25, 0.3) is 0 Å². The van der Waals surface area contributed by atoms with E-state index in [0.717, 1.165) is 5.75 Å². The molecule has 0 atom stereocenters. The Hall–Kier alpha value is -2.08. The van der Waals surface area contributed by atoms with Gasteiger partial charge in [0.2, 0.25) is 11.8 Å². The highest BCUT2D eigenvalue weighted by Gasteiger charge is 2.05. The maximum Gasteiger partial charge on any atom is 0.238 e. The van der Waals surface area contributed by atoms with Gasteiger partial charge in [-0.15, -0.1) is 0 Å². The van der Waals surface area contributed by atoms with Gasteiger partial charge in [-0.25, -0.2) is 0 Å². The molecule has 3 N–H and O–H groups in total. The van der Waals surface area contributed by atoms with E-state index in [1.807, 2.05) is 13.8 Å². The molecule has 0 aromatic heterocycles. The van der Waals surface area contributed by atoms with Crippen LogP contribution in [-0.4, -0.2) is 38.1 Å². The van der Waals surface area contributed by atoms with Gasteiger partial charge >= 0.3 is 0 Å². The van der Waals surface area contributed by atoms with Crippen molar-refractivity contribution >= 4 is 17.5 Å². The van der Waals surface area contributed by atoms with Crippen LogP contribution in [-0.2, 0) is 9.59 Å². The standard InChI is InChI=1S/C14H21N3O3/c1-10(2)16-13(18)8-15-9-14(19)17-11-4-6-12(20-3)7-5-11/h4-7,10,15H,8-9H2,1-3H3,(H,16,18)(H,17,19). The van der Waals surface area contributed by atoms with Gasteiger partial charge in [-0.1, -0.05) is 0 Å². The minimum Gasteiger partial charge on any atom is -0.497 e. The predicted octanol–water partition coefficient (Wildman–Crippen LogP) is 0.748. The summed E-state index contributed by atoms with van der Waals surface area (Å²) in [7, 11) is 1.58. The van der Waals surface area contributed by atoms with Crippen LogP contribution in [0.3, 0.4) is 0 Å². The molecule has 2 amide bonds. The van der Waals surface area contributed by atoms with E-state index in [4.69, 9.17) is 4.74 Å². The lowest BCUT2D eigenvalue weighted by molar-refractivity contribution is -0.120. The third kappa shape index (κ3) is 6.19. The Balaban J connectivity index is 2.27. The second-order valence-electron chi connectivity index (χ2n) is 4.60. The Kier molecular flexibility index (Phi) is 6.52. The minimum atomic E-state index is -0.201. The van der Waals surface area contributed by atoms with Crippen molar-refractivity contribution in [1.82, 2.24) is 10.6 Å². The lowest BCUT2D eigenvalue weighted by Gasteiger charge is -2.09. The van der Waals surface area contributed by atoms with Gasteiger partial charge in [-0.3, -0.25) is 14.9 Å². The summed E-state index contributed by atoms with van der Waals surface area (Å²) in [5.41, 5.74) is 0.684. The number of carbonyl (C=O) groups is 2. The van der Waals surface area contributed by atoms with E-state index < -0.39 is 0 Å². The summed E-state index contributed by atoms with van der Waals surface area (Å²) in [5, 5.41) is 8.24. The molecular formula is C14H21N3O3. The van der Waals surface area contributed by atoms with Crippen molar-refractivity contribution in [3.8, 4) is 5.75 Å². The smallest absolute Gasteiger partial charge is 0.238 e. The first kappa shape index (κ1) is 16.0. The van der Waals surface area contributed by atoms with Crippen molar-refractivity contribution in [2.45, 2.75) is 19.9 Å². The largest absolute Gasteiger partial charge is 0.497 e. The van der Waals surface area contributed by atoms with Crippen molar-refractivity contribution in [2.24, 2.45) is 0 Å². The van der Waals surface area contributed by atoms with Crippen LogP contribution in [0.2, 0.25) is 0 Å². The number of nitrogens with one attached hydrogen (secondary N) is 3. The molecule has 6 nitrogen and oxygen atoms in total. The molecule has 1 rings (SSSR count). The van der Waals surface area contributed by atoms with Crippen LogP contribution in [0.4, 0.5) is 5.69 Å². The average molecular weight is 279 g/mol. The predicted molar refractivity (Wildman–Crippen MR) is 77.8 cm³/mol. The zero-order valence-corrected chi connectivity index (χ0v) is 12.0. The third-order valence-electron chi connectivity index (χ3n) is 2.39. The molecular weight excluding hydrogens is 258 g/mol. The molecule has 0 aliphatic carbocycles. The Morgan fingerprint density at radius 1 is 1.10 bits per heavy atom. The maximum absolute atomic E-state index is 11.6. The fraction of sp³-hybridized carbons (Fsp3) is 0.429. The Morgan fingerprint density at radius 3 is 2.25 bits per heavy atom. The molecule has 110 valence electrons. The van der Waals surface area contributed by atoms with E-state index in [2.05, 4.69) is 16.0 Å². The summed E-state index contributed by atoms with van der Waals surface area (Å²) in [6.07, 6.45) is 0. The molecule has 0 heterocycles. The first-order valence-electron chi connectivity index (χ1n) is 6.45. The summed E-state index contributed by atoms with van der Waals surface area (Å²) in [6, 6.07) is 7.13. The van der Waals surface area contributed by atoms with Crippen molar-refractivity contribution in [2.75, 3.05) is 25.5 Å². The Labute approximate surface area is 118 Å². The summed E-state index contributed by atoms with van der Waals surface area (Å²) in [5.74, 6) is 0.399. The molecule has 20 heavy (non-hydrogen) atoms. The van der Waals surface area contributed by atoms with Gasteiger partial charge < -0.3 is 15.4 Å². The topological polar surface area (TPSA) is 79.5 Å². The average Bonchev–Trinajstić information content (AvgIpc) is 2.38. The number of benzene rings is 1. The van der Waals surface area contributed by atoms with Gasteiger partial charge in [0.1, 0.15) is 5.75 Å². The van der Waals surface area contributed by atoms with Crippen molar-refractivity contribution < 1.29 is 14.3 Å². The number of methoxy groups -OCH3 is 1. The number of rotatable bonds is 7. The van der Waals surface area contributed by atoms with Gasteiger partial charge in [-0.2, -0.15) is 0 Å². The zero-order valence-electron chi connectivity index (χ0n) is 12.0. The quantitative estimate of drug-likeness (QED) is 0.688. The SMILES string of the molecule is COc1ccc(NC(=O)CNCC(=O)NC(C)C)cc1. The first-order valence-corrected chi connectivity index (χ1v) is 6.45. The molecule has 1 aromatic rings. The summed E-state index contributed by atoms with van der Waals surface area (Å²) >= 11 is 0. The van der Waals surface area contributed by atoms with E-state index >= 15 is 0 Å². The fourth-order valence-electron chi connectivity index (χ4n) is 1.54. The molecule has 0 saturated heterocycles. The van der Waals surface area contributed by atoms with E-state index in [1.54, 1.807) is 31.4 Å². The molecule has 0 spiro atoms. The number of hydrogen-bond acceptors (Lipinski definition) is 4. The third-order valence-corrected chi connectivity index (χ3v) is 2.39. The number of amides is 2. The normalized spacial score (nSPS) is 10.2. The fourth-order valence-corrected chi connectivity index (χ4v) is 1.54. The molecule has 0 bridgehead atoms. The van der Waals surface area contributed by atoms with Crippen LogP contribution in [0, 0.1) is 0 Å². The number of anilines is 1. The van der Waals surface area contributed by atoms with Crippen LogP contribution in [0.15, 0.2) is 24.3 Å². The van der Waals surface area contributed by atoms with Crippen LogP contribution in [0.5, 0.6) is 5.75 Å². The second-order valence-corrected chi connectivity index (χ2v) is 4.60. The summed E-state index contributed by atoms with van der Waals surface area (Å²) in [4.78, 5) is 23.0. The van der Waals surface area contributed by atoms with Crippen molar-refractivity contribution in [1.29, 1.82) is 0 Å². The van der Waals surface area contributed by atoms with Gasteiger partial charge in [0, 0.05) is 11.7 Å². The molecule has 0 aliphatic rings. The summed E-state index contributed by atoms with van der Waals surface area (Å²) in [6.45, 7) is 3.97. The number of ether oxygens (including phenoxy) is 1. The zero-order chi connectivity index (χ0) is 15.0. The highest BCUT2D eigenvalue weighted by Crippen LogP contribution is 2.14. The van der Waals surface area contributed by atoms with Crippen molar-refractivity contribution in [3.63, 3.8) is 0 Å². The van der Waals surface area contributed by atoms with Crippen LogP contribution in [0.25, 0.3) is 0 Å². The van der Waals surface area contributed by atoms with Gasteiger partial charge in [0.15, 0.2) is 0 Å². The minimum absolute atomic E-state index is 0.0809. The van der Waals surface area contributed by atoms with Crippen molar-refractivity contribution in [3.05, 3.63) is 24.3 Å². The Morgan fingerprint density at radius 2 is 1.70 bits per heavy atom. The van der Waals surface area contributed by atoms with E-state index in [9.17, 15) is 9.59 Å². The lowest BCUT2D eigenvalue weighted by Crippen LogP contribution is -2.40. The molecule has 0 saturated carbocycles. The number of carbonyl (C=O) groups excluding carboxylic acids is 2. The van der Waals surface area contributed by atoms with Gasteiger partial charge in [-0.05, 0) is 38.1 Å². The molecule has 0 unspecified atom stereocenters. The van der Waals surface area contributed by atoms with E-state index in [1.165, 1.54) is 0 Å². The molecule has 0 fully saturated rings. The highest BCUT2D eigenvalue weighted by atomic mass is 16.5. The first-order chi connectivity index (χ1) is 9.51. The molecule has 6 heteroatoms. The van der Waals surface area contributed by atoms with Crippen LogP contribution < -0.4 is 20.7 Å².